The van der Waals surface area contributed by atoms with Crippen LogP contribution in [0.4, 0.5) is 0 Å². The van der Waals surface area contributed by atoms with Gasteiger partial charge in [-0.3, -0.25) is 9.59 Å². The third kappa shape index (κ3) is 3.43. The smallest absolute Gasteiger partial charge is 0.326 e. The molecule has 0 saturated heterocycles. The molecule has 0 spiro atoms. The maximum absolute atomic E-state index is 12.6. The van der Waals surface area contributed by atoms with E-state index in [2.05, 4.69) is 0 Å². The van der Waals surface area contributed by atoms with Gasteiger partial charge in [0.1, 0.15) is 5.76 Å². The van der Waals surface area contributed by atoms with Crippen molar-refractivity contribution in [1.82, 2.24) is 0 Å². The third-order valence-corrected chi connectivity index (χ3v) is 5.86. The summed E-state index contributed by atoms with van der Waals surface area (Å²) in [4.78, 5) is 24.5. The number of carbonyl (C=O) groups is 2. The Bertz CT molecular complexity index is 931. The first kappa shape index (κ1) is 17.6. The minimum Gasteiger partial charge on any atom is -0.481 e. The number of thioether (sulfide) groups is 1. The van der Waals surface area contributed by atoms with E-state index in [1.807, 2.05) is 66.7 Å². The van der Waals surface area contributed by atoms with Crippen LogP contribution >= 0.6 is 11.8 Å². The molecule has 2 heterocycles. The standard InChI is InChI=1S/C22H18O4S/c23-21(24)19-18(15-9-5-2-6-10-15)17-13-27-12-16(20(17)26-22(19)25)11-14-7-3-1-4-8-14/h1-11,18-19H,12-13H2,(H,23,24). The van der Waals surface area contributed by atoms with Gasteiger partial charge in [0, 0.05) is 23.0 Å². The first-order valence-corrected chi connectivity index (χ1v) is 9.87. The van der Waals surface area contributed by atoms with Crippen molar-refractivity contribution in [2.24, 2.45) is 5.92 Å². The van der Waals surface area contributed by atoms with E-state index in [9.17, 15) is 14.7 Å². The molecule has 27 heavy (non-hydrogen) atoms. The molecule has 2 aliphatic rings. The Balaban J connectivity index is 1.85. The fourth-order valence-corrected chi connectivity index (χ4v) is 4.69. The average Bonchev–Trinajstić information content (AvgIpc) is 2.69. The van der Waals surface area contributed by atoms with Gasteiger partial charge in [-0.25, -0.2) is 0 Å². The number of rotatable bonds is 3. The molecule has 2 aromatic carbocycles. The summed E-state index contributed by atoms with van der Waals surface area (Å²) in [7, 11) is 0. The summed E-state index contributed by atoms with van der Waals surface area (Å²) in [5, 5.41) is 9.69. The predicted octanol–water partition coefficient (Wildman–Crippen LogP) is 4.11. The van der Waals surface area contributed by atoms with Crippen LogP contribution in [-0.2, 0) is 14.3 Å². The molecule has 2 aromatic rings. The van der Waals surface area contributed by atoms with Crippen LogP contribution in [-0.4, -0.2) is 28.6 Å². The monoisotopic (exact) mass is 378 g/mol. The number of hydrogen-bond donors (Lipinski definition) is 1. The van der Waals surface area contributed by atoms with Crippen LogP contribution in [0, 0.1) is 5.92 Å². The largest absolute Gasteiger partial charge is 0.481 e. The fraction of sp³-hybridized carbons (Fsp3) is 0.182. The van der Waals surface area contributed by atoms with Gasteiger partial charge in [0.25, 0.3) is 0 Å². The molecular weight excluding hydrogens is 360 g/mol. The van der Waals surface area contributed by atoms with Crippen LogP contribution in [0.15, 0.2) is 77.6 Å². The number of ether oxygens (including phenoxy) is 1. The Morgan fingerprint density at radius 3 is 2.37 bits per heavy atom. The van der Waals surface area contributed by atoms with Gasteiger partial charge in [0.15, 0.2) is 5.92 Å². The van der Waals surface area contributed by atoms with Gasteiger partial charge in [-0.2, -0.15) is 11.8 Å². The highest BCUT2D eigenvalue weighted by molar-refractivity contribution is 7.99. The predicted molar refractivity (Wildman–Crippen MR) is 105 cm³/mol. The SMILES string of the molecule is O=C(O)C1C(=O)OC2=C(CSCC2=Cc2ccccc2)C1c1ccccc1. The number of hydrogen-bond acceptors (Lipinski definition) is 4. The minimum atomic E-state index is -1.22. The van der Waals surface area contributed by atoms with Crippen LogP contribution in [0.3, 0.4) is 0 Å². The van der Waals surface area contributed by atoms with E-state index in [1.54, 1.807) is 11.8 Å². The van der Waals surface area contributed by atoms with Crippen molar-refractivity contribution < 1.29 is 19.4 Å². The maximum atomic E-state index is 12.6. The molecule has 2 aliphatic heterocycles. The zero-order chi connectivity index (χ0) is 18.8. The lowest BCUT2D eigenvalue weighted by atomic mass is 9.78. The van der Waals surface area contributed by atoms with Gasteiger partial charge in [0.2, 0.25) is 0 Å². The van der Waals surface area contributed by atoms with Crippen molar-refractivity contribution in [2.45, 2.75) is 5.92 Å². The normalized spacial score (nSPS) is 23.7. The van der Waals surface area contributed by atoms with E-state index < -0.39 is 23.8 Å². The van der Waals surface area contributed by atoms with E-state index in [0.717, 1.165) is 28.0 Å². The molecule has 1 N–H and O–H groups in total. The molecule has 0 aliphatic carbocycles. The number of carboxylic acids is 1. The number of allylic oxidation sites excluding steroid dienone is 1. The average molecular weight is 378 g/mol. The third-order valence-electron chi connectivity index (χ3n) is 4.83. The second-order valence-electron chi connectivity index (χ2n) is 6.55. The van der Waals surface area contributed by atoms with E-state index in [-0.39, 0.29) is 0 Å². The Morgan fingerprint density at radius 1 is 1.04 bits per heavy atom. The highest BCUT2D eigenvalue weighted by atomic mass is 32.2. The zero-order valence-corrected chi connectivity index (χ0v) is 15.3. The highest BCUT2D eigenvalue weighted by Crippen LogP contribution is 2.45. The molecule has 4 nitrogen and oxygen atoms in total. The van der Waals surface area contributed by atoms with Crippen molar-refractivity contribution in [3.8, 4) is 0 Å². The van der Waals surface area contributed by atoms with E-state index in [1.165, 1.54) is 0 Å². The maximum Gasteiger partial charge on any atom is 0.326 e. The lowest BCUT2D eigenvalue weighted by Crippen LogP contribution is -2.38. The summed E-state index contributed by atoms with van der Waals surface area (Å²) in [5.74, 6) is -1.65. The fourth-order valence-electron chi connectivity index (χ4n) is 3.63. The van der Waals surface area contributed by atoms with Crippen LogP contribution in [0.2, 0.25) is 0 Å². The van der Waals surface area contributed by atoms with Gasteiger partial charge in [-0.05, 0) is 22.8 Å². The summed E-state index contributed by atoms with van der Waals surface area (Å²) in [5.41, 5.74) is 3.65. The first-order chi connectivity index (χ1) is 13.1. The number of esters is 1. The van der Waals surface area contributed by atoms with Crippen molar-refractivity contribution >= 4 is 29.8 Å². The second kappa shape index (κ2) is 7.45. The van der Waals surface area contributed by atoms with Crippen molar-refractivity contribution in [2.75, 3.05) is 11.5 Å². The highest BCUT2D eigenvalue weighted by Gasteiger charge is 2.46. The number of carboxylic acid groups (broad SMARTS) is 1. The molecule has 4 rings (SSSR count). The van der Waals surface area contributed by atoms with Gasteiger partial charge in [-0.1, -0.05) is 60.7 Å². The first-order valence-electron chi connectivity index (χ1n) is 8.71. The Labute approximate surface area is 161 Å². The Hall–Kier alpha value is -2.79. The summed E-state index contributed by atoms with van der Waals surface area (Å²) < 4.78 is 5.58. The molecule has 0 radical (unpaired) electrons. The molecule has 136 valence electrons. The number of benzene rings is 2. The molecule has 2 atom stereocenters. The van der Waals surface area contributed by atoms with Crippen molar-refractivity contribution in [3.63, 3.8) is 0 Å². The van der Waals surface area contributed by atoms with Gasteiger partial charge >= 0.3 is 11.9 Å². The second-order valence-corrected chi connectivity index (χ2v) is 7.54. The van der Waals surface area contributed by atoms with Crippen LogP contribution in [0.1, 0.15) is 17.0 Å². The number of carbonyl (C=O) groups excluding carboxylic acids is 1. The summed E-state index contributed by atoms with van der Waals surface area (Å²) >= 11 is 1.71. The van der Waals surface area contributed by atoms with Crippen molar-refractivity contribution in [1.29, 1.82) is 0 Å². The lowest BCUT2D eigenvalue weighted by Gasteiger charge is -2.35. The number of aliphatic carboxylic acids is 1. The molecule has 0 fully saturated rings. The molecule has 0 amide bonds. The lowest BCUT2D eigenvalue weighted by molar-refractivity contribution is -0.158. The molecule has 0 aromatic heterocycles. The van der Waals surface area contributed by atoms with Crippen molar-refractivity contribution in [3.05, 3.63) is 88.7 Å². The van der Waals surface area contributed by atoms with Gasteiger partial charge in [0.05, 0.1) is 0 Å². The van der Waals surface area contributed by atoms with E-state index >= 15 is 0 Å². The van der Waals surface area contributed by atoms with Crippen LogP contribution in [0.25, 0.3) is 6.08 Å². The van der Waals surface area contributed by atoms with E-state index in [4.69, 9.17) is 4.74 Å². The molecule has 0 bridgehead atoms. The Morgan fingerprint density at radius 2 is 1.70 bits per heavy atom. The van der Waals surface area contributed by atoms with Gasteiger partial charge in [-0.15, -0.1) is 0 Å². The summed E-state index contributed by atoms with van der Waals surface area (Å²) in [6.45, 7) is 0. The van der Waals surface area contributed by atoms with Crippen LogP contribution in [0.5, 0.6) is 0 Å². The quantitative estimate of drug-likeness (QED) is 0.643. The molecule has 5 heteroatoms. The summed E-state index contributed by atoms with van der Waals surface area (Å²) in [6, 6.07) is 19.2. The minimum absolute atomic E-state index is 0.507. The molecule has 2 unspecified atom stereocenters. The van der Waals surface area contributed by atoms with Gasteiger partial charge < -0.3 is 9.84 Å². The molecular formula is C22H18O4S. The molecule has 0 saturated carbocycles. The van der Waals surface area contributed by atoms with E-state index in [0.29, 0.717) is 11.5 Å². The Kier molecular flexibility index (Phi) is 4.86. The summed E-state index contributed by atoms with van der Waals surface area (Å²) in [6.07, 6.45) is 2.01. The topological polar surface area (TPSA) is 63.6 Å². The zero-order valence-electron chi connectivity index (χ0n) is 14.5. The van der Waals surface area contributed by atoms with Crippen LogP contribution < -0.4 is 0 Å².